The summed E-state index contributed by atoms with van der Waals surface area (Å²) in [6, 6.07) is 9.11. The number of ether oxygens (including phenoxy) is 4. The zero-order valence-corrected chi connectivity index (χ0v) is 12.6. The van der Waals surface area contributed by atoms with Crippen molar-refractivity contribution in [3.8, 4) is 17.2 Å². The van der Waals surface area contributed by atoms with Crippen molar-refractivity contribution in [2.45, 2.75) is 6.92 Å². The molecule has 0 fully saturated rings. The molecule has 0 aliphatic heterocycles. The lowest BCUT2D eigenvalue weighted by atomic mass is 10.3. The second-order valence-electron chi connectivity index (χ2n) is 4.29. The Morgan fingerprint density at radius 1 is 1.00 bits per heavy atom. The molecule has 2 rings (SSSR count). The first-order chi connectivity index (χ1) is 10.8. The molecule has 0 saturated heterocycles. The van der Waals surface area contributed by atoms with Gasteiger partial charge < -0.3 is 23.9 Å². The Balaban J connectivity index is 1.85. The van der Waals surface area contributed by atoms with Crippen molar-refractivity contribution in [3.63, 3.8) is 0 Å². The molecule has 0 unspecified atom stereocenters. The number of aromatic amines is 1. The fourth-order valence-electron chi connectivity index (χ4n) is 1.88. The van der Waals surface area contributed by atoms with Crippen molar-refractivity contribution >= 4 is 5.97 Å². The Morgan fingerprint density at radius 3 is 2.27 bits per heavy atom. The van der Waals surface area contributed by atoms with Gasteiger partial charge in [-0.2, -0.15) is 0 Å². The molecule has 2 aromatic rings. The Bertz CT molecular complexity index is 608. The van der Waals surface area contributed by atoms with Crippen LogP contribution in [0.1, 0.15) is 17.4 Å². The summed E-state index contributed by atoms with van der Waals surface area (Å²) in [5.41, 5.74) is 0.289. The lowest BCUT2D eigenvalue weighted by Gasteiger charge is -2.12. The molecule has 0 spiro atoms. The molecule has 1 heterocycles. The van der Waals surface area contributed by atoms with Crippen LogP contribution in [0.15, 0.2) is 36.5 Å². The molecule has 22 heavy (non-hydrogen) atoms. The van der Waals surface area contributed by atoms with Crippen LogP contribution in [0.5, 0.6) is 17.2 Å². The third kappa shape index (κ3) is 3.94. The average molecular weight is 305 g/mol. The molecule has 0 aliphatic rings. The fourth-order valence-corrected chi connectivity index (χ4v) is 1.88. The van der Waals surface area contributed by atoms with Crippen molar-refractivity contribution in [2.75, 3.05) is 26.9 Å². The largest absolute Gasteiger partial charge is 0.490 e. The van der Waals surface area contributed by atoms with Crippen LogP contribution in [-0.4, -0.2) is 37.9 Å². The van der Waals surface area contributed by atoms with Crippen LogP contribution in [-0.2, 0) is 4.74 Å². The fraction of sp³-hybridized carbons (Fsp3) is 0.312. The Hall–Kier alpha value is -2.63. The molecule has 1 aromatic heterocycles. The third-order valence-corrected chi connectivity index (χ3v) is 2.85. The van der Waals surface area contributed by atoms with E-state index in [-0.39, 0.29) is 5.69 Å². The van der Waals surface area contributed by atoms with Gasteiger partial charge in [-0.05, 0) is 25.1 Å². The normalized spacial score (nSPS) is 10.1. The number of esters is 1. The maximum Gasteiger partial charge on any atom is 0.358 e. The predicted octanol–water partition coefficient (Wildman–Crippen LogP) is 2.66. The van der Waals surface area contributed by atoms with E-state index in [1.807, 2.05) is 31.2 Å². The number of hydrogen-bond acceptors (Lipinski definition) is 5. The highest BCUT2D eigenvalue weighted by atomic mass is 16.5. The molecule has 1 N–H and O–H groups in total. The minimum Gasteiger partial charge on any atom is -0.490 e. The van der Waals surface area contributed by atoms with E-state index in [9.17, 15) is 4.79 Å². The average Bonchev–Trinajstić information content (AvgIpc) is 3.01. The molecule has 118 valence electrons. The van der Waals surface area contributed by atoms with Gasteiger partial charge in [0, 0.05) is 6.20 Å². The maximum absolute atomic E-state index is 11.5. The topological polar surface area (TPSA) is 69.8 Å². The second-order valence-corrected chi connectivity index (χ2v) is 4.29. The summed E-state index contributed by atoms with van der Waals surface area (Å²) in [4.78, 5) is 14.3. The third-order valence-electron chi connectivity index (χ3n) is 2.85. The van der Waals surface area contributed by atoms with Crippen LogP contribution < -0.4 is 14.2 Å². The van der Waals surface area contributed by atoms with Crippen molar-refractivity contribution in [1.29, 1.82) is 0 Å². The first kappa shape index (κ1) is 15.8. The van der Waals surface area contributed by atoms with Gasteiger partial charge in [0.15, 0.2) is 22.9 Å². The standard InChI is InChI=1S/C16H19NO5/c1-3-20-12-6-4-5-7-13(12)21-10-11-22-14-8-9-17-15(14)16(18)19-2/h4-9,17H,3,10-11H2,1-2H3. The number of rotatable bonds is 8. The summed E-state index contributed by atoms with van der Waals surface area (Å²) in [7, 11) is 1.32. The number of benzene rings is 1. The van der Waals surface area contributed by atoms with E-state index in [4.69, 9.17) is 14.2 Å². The smallest absolute Gasteiger partial charge is 0.358 e. The molecule has 0 atom stereocenters. The molecule has 6 nitrogen and oxygen atoms in total. The van der Waals surface area contributed by atoms with Crippen LogP contribution >= 0.6 is 0 Å². The zero-order valence-electron chi connectivity index (χ0n) is 12.6. The number of H-pyrrole nitrogens is 1. The van der Waals surface area contributed by atoms with Crippen molar-refractivity contribution < 1.29 is 23.7 Å². The van der Waals surface area contributed by atoms with E-state index >= 15 is 0 Å². The highest BCUT2D eigenvalue weighted by Gasteiger charge is 2.14. The molecule has 0 radical (unpaired) electrons. The van der Waals surface area contributed by atoms with E-state index in [1.165, 1.54) is 7.11 Å². The number of hydrogen-bond donors (Lipinski definition) is 1. The van der Waals surface area contributed by atoms with E-state index in [1.54, 1.807) is 12.3 Å². The summed E-state index contributed by atoms with van der Waals surface area (Å²) in [5, 5.41) is 0. The molecule has 0 saturated carbocycles. The van der Waals surface area contributed by atoms with Crippen LogP contribution in [0.2, 0.25) is 0 Å². The second kappa shape index (κ2) is 7.97. The van der Waals surface area contributed by atoms with Gasteiger partial charge in [0.25, 0.3) is 0 Å². The van der Waals surface area contributed by atoms with Crippen LogP contribution in [0.3, 0.4) is 0 Å². The minimum absolute atomic E-state index is 0.289. The van der Waals surface area contributed by atoms with Gasteiger partial charge in [-0.25, -0.2) is 4.79 Å². The molecule has 0 bridgehead atoms. The molecular weight excluding hydrogens is 286 g/mol. The summed E-state index contributed by atoms with van der Waals surface area (Å²) in [6.45, 7) is 3.11. The Labute approximate surface area is 129 Å². The van der Waals surface area contributed by atoms with Crippen LogP contribution in [0, 0.1) is 0 Å². The minimum atomic E-state index is -0.470. The van der Waals surface area contributed by atoms with Gasteiger partial charge in [-0.3, -0.25) is 0 Å². The van der Waals surface area contributed by atoms with Gasteiger partial charge >= 0.3 is 5.97 Å². The number of nitrogens with one attached hydrogen (secondary N) is 1. The summed E-state index contributed by atoms with van der Waals surface area (Å²) >= 11 is 0. The first-order valence-corrected chi connectivity index (χ1v) is 6.99. The number of methoxy groups -OCH3 is 1. The highest BCUT2D eigenvalue weighted by Crippen LogP contribution is 2.26. The molecule has 0 amide bonds. The lowest BCUT2D eigenvalue weighted by Crippen LogP contribution is -2.12. The maximum atomic E-state index is 11.5. The van der Waals surface area contributed by atoms with Crippen molar-refractivity contribution in [2.24, 2.45) is 0 Å². The Morgan fingerprint density at radius 2 is 1.64 bits per heavy atom. The molecule has 1 aromatic carbocycles. The zero-order chi connectivity index (χ0) is 15.8. The van der Waals surface area contributed by atoms with Gasteiger partial charge in [-0.15, -0.1) is 0 Å². The van der Waals surface area contributed by atoms with Gasteiger partial charge in [0.2, 0.25) is 0 Å². The summed E-state index contributed by atoms with van der Waals surface area (Å²) in [6.07, 6.45) is 1.62. The number of aromatic nitrogens is 1. The lowest BCUT2D eigenvalue weighted by molar-refractivity contribution is 0.0589. The highest BCUT2D eigenvalue weighted by molar-refractivity contribution is 5.90. The monoisotopic (exact) mass is 305 g/mol. The van der Waals surface area contributed by atoms with Gasteiger partial charge in [-0.1, -0.05) is 12.1 Å². The SMILES string of the molecule is CCOc1ccccc1OCCOc1cc[nH]c1C(=O)OC. The van der Waals surface area contributed by atoms with E-state index < -0.39 is 5.97 Å². The van der Waals surface area contributed by atoms with Crippen molar-refractivity contribution in [3.05, 3.63) is 42.2 Å². The van der Waals surface area contributed by atoms with Crippen molar-refractivity contribution in [1.82, 2.24) is 4.98 Å². The number of para-hydroxylation sites is 2. The molecular formula is C16H19NO5. The molecule has 0 aliphatic carbocycles. The van der Waals surface area contributed by atoms with Gasteiger partial charge in [0.05, 0.1) is 13.7 Å². The summed E-state index contributed by atoms with van der Waals surface area (Å²) in [5.74, 6) is 1.33. The summed E-state index contributed by atoms with van der Waals surface area (Å²) < 4.78 is 21.3. The number of carbonyl (C=O) groups is 1. The van der Waals surface area contributed by atoms with E-state index in [2.05, 4.69) is 9.72 Å². The van der Waals surface area contributed by atoms with E-state index in [0.29, 0.717) is 37.1 Å². The quantitative estimate of drug-likeness (QED) is 0.600. The van der Waals surface area contributed by atoms with Gasteiger partial charge in [0.1, 0.15) is 13.2 Å². The number of carbonyl (C=O) groups excluding carboxylic acids is 1. The van der Waals surface area contributed by atoms with Crippen LogP contribution in [0.25, 0.3) is 0 Å². The Kier molecular flexibility index (Phi) is 5.71. The van der Waals surface area contributed by atoms with Crippen LogP contribution in [0.4, 0.5) is 0 Å². The molecule has 6 heteroatoms. The predicted molar refractivity (Wildman–Crippen MR) is 80.7 cm³/mol. The first-order valence-electron chi connectivity index (χ1n) is 6.99. The van der Waals surface area contributed by atoms with E-state index in [0.717, 1.165) is 0 Å².